The van der Waals surface area contributed by atoms with Crippen LogP contribution in [0.2, 0.25) is 0 Å². The second kappa shape index (κ2) is 6.67. The van der Waals surface area contributed by atoms with Crippen LogP contribution in [-0.4, -0.2) is 11.9 Å². The van der Waals surface area contributed by atoms with Crippen LogP contribution in [0.25, 0.3) is 5.70 Å². The Morgan fingerprint density at radius 1 is 1.58 bits per heavy atom. The van der Waals surface area contributed by atoms with Gasteiger partial charge in [0.2, 0.25) is 0 Å². The lowest BCUT2D eigenvalue weighted by Crippen LogP contribution is -2.17. The summed E-state index contributed by atoms with van der Waals surface area (Å²) in [5.74, 6) is 0.568. The topological polar surface area (TPSA) is 12.0 Å². The van der Waals surface area contributed by atoms with Crippen LogP contribution < -0.4 is 5.32 Å². The van der Waals surface area contributed by atoms with Gasteiger partial charge in [0.25, 0.3) is 0 Å². The number of thiocarbonyl (C=S) groups is 1. The van der Waals surface area contributed by atoms with E-state index in [4.69, 9.17) is 12.2 Å². The van der Waals surface area contributed by atoms with E-state index in [1.807, 2.05) is 16.7 Å². The summed E-state index contributed by atoms with van der Waals surface area (Å²) in [6.07, 6.45) is 5.92. The average molecular weight is 294 g/mol. The molecule has 1 aromatic rings. The molecule has 1 aliphatic rings. The summed E-state index contributed by atoms with van der Waals surface area (Å²) in [4.78, 5) is 2.96. The Hall–Kier alpha value is -0.670. The van der Waals surface area contributed by atoms with Crippen LogP contribution in [0.5, 0.6) is 0 Å². The molecule has 0 spiro atoms. The van der Waals surface area contributed by atoms with Gasteiger partial charge >= 0.3 is 0 Å². The molecule has 0 radical (unpaired) electrons. The van der Waals surface area contributed by atoms with Crippen molar-refractivity contribution in [2.45, 2.75) is 46.0 Å². The molecule has 0 fully saturated rings. The Morgan fingerprint density at radius 3 is 3.05 bits per heavy atom. The highest BCUT2D eigenvalue weighted by Crippen LogP contribution is 2.38. The molecule has 104 valence electrons. The second-order valence-electron chi connectivity index (χ2n) is 5.33. The fourth-order valence-corrected chi connectivity index (χ4v) is 4.24. The minimum absolute atomic E-state index is 0.568. The smallest absolute Gasteiger partial charge is 0.0354 e. The molecule has 0 aromatic carbocycles. The molecule has 0 bridgehead atoms. The number of hydrogen-bond acceptors (Lipinski definition) is 3. The van der Waals surface area contributed by atoms with Crippen LogP contribution in [0.1, 0.15) is 47.1 Å². The van der Waals surface area contributed by atoms with E-state index < -0.39 is 0 Å². The maximum absolute atomic E-state index is 5.14. The van der Waals surface area contributed by atoms with Crippen LogP contribution in [0.4, 0.5) is 0 Å². The molecular weight excluding hydrogens is 270 g/mol. The first-order valence-electron chi connectivity index (χ1n) is 7.17. The first kappa shape index (κ1) is 14.7. The van der Waals surface area contributed by atoms with Crippen LogP contribution in [-0.2, 0) is 12.8 Å². The van der Waals surface area contributed by atoms with Gasteiger partial charge in [-0.25, -0.2) is 0 Å². The zero-order chi connectivity index (χ0) is 13.8. The van der Waals surface area contributed by atoms with Crippen LogP contribution >= 0.6 is 23.6 Å². The second-order valence-corrected chi connectivity index (χ2v) is 6.91. The summed E-state index contributed by atoms with van der Waals surface area (Å²) in [6, 6.07) is 0. The van der Waals surface area contributed by atoms with Gasteiger partial charge < -0.3 is 5.32 Å². The minimum atomic E-state index is 0.568. The van der Waals surface area contributed by atoms with E-state index in [1.54, 1.807) is 4.88 Å². The van der Waals surface area contributed by atoms with E-state index in [1.165, 1.54) is 41.7 Å². The van der Waals surface area contributed by atoms with Gasteiger partial charge in [-0.15, -0.1) is 11.3 Å². The highest BCUT2D eigenvalue weighted by atomic mass is 32.1. The Kier molecular flexibility index (Phi) is 5.17. The van der Waals surface area contributed by atoms with Gasteiger partial charge in [0.05, 0.1) is 0 Å². The standard InChI is InChI=1S/C16H23NS2/c1-4-5-8-17-11(2)16-12(3)19-15-7-6-13(10-18)9-14(15)16/h10,13,17H,2,4-9H2,1,3H3. The van der Waals surface area contributed by atoms with Crippen molar-refractivity contribution in [1.29, 1.82) is 0 Å². The van der Waals surface area contributed by atoms with Gasteiger partial charge in [0, 0.05) is 27.6 Å². The fraction of sp³-hybridized carbons (Fsp3) is 0.562. The molecule has 1 heterocycles. The van der Waals surface area contributed by atoms with Gasteiger partial charge in [0.1, 0.15) is 0 Å². The number of unbranched alkanes of at least 4 members (excludes halogenated alkanes) is 1. The van der Waals surface area contributed by atoms with E-state index in [0.29, 0.717) is 5.92 Å². The molecule has 1 unspecified atom stereocenters. The lowest BCUT2D eigenvalue weighted by Gasteiger charge is -2.20. The van der Waals surface area contributed by atoms with Crippen molar-refractivity contribution in [2.75, 3.05) is 6.54 Å². The van der Waals surface area contributed by atoms with Crippen LogP contribution in [0, 0.1) is 12.8 Å². The Labute approximate surface area is 126 Å². The lowest BCUT2D eigenvalue weighted by atomic mass is 9.87. The number of nitrogens with one attached hydrogen (secondary N) is 1. The quantitative estimate of drug-likeness (QED) is 0.611. The zero-order valence-electron chi connectivity index (χ0n) is 11.9. The number of thiophene rings is 1. The number of aryl methyl sites for hydroxylation is 2. The largest absolute Gasteiger partial charge is 0.385 e. The number of rotatable bonds is 6. The summed E-state index contributed by atoms with van der Waals surface area (Å²) in [5.41, 5.74) is 3.99. The van der Waals surface area contributed by atoms with E-state index in [-0.39, 0.29) is 0 Å². The van der Waals surface area contributed by atoms with Crippen molar-refractivity contribution in [3.8, 4) is 0 Å². The average Bonchev–Trinajstić information content (AvgIpc) is 2.73. The van der Waals surface area contributed by atoms with Crippen LogP contribution in [0.15, 0.2) is 6.58 Å². The Balaban J connectivity index is 2.18. The molecule has 0 saturated heterocycles. The van der Waals surface area contributed by atoms with E-state index >= 15 is 0 Å². The summed E-state index contributed by atoms with van der Waals surface area (Å²) < 4.78 is 0. The summed E-state index contributed by atoms with van der Waals surface area (Å²) in [7, 11) is 0. The summed E-state index contributed by atoms with van der Waals surface area (Å²) in [6.45, 7) is 9.71. The monoisotopic (exact) mass is 293 g/mol. The third-order valence-electron chi connectivity index (χ3n) is 3.84. The van der Waals surface area contributed by atoms with Gasteiger partial charge in [0.15, 0.2) is 0 Å². The fourth-order valence-electron chi connectivity index (χ4n) is 2.76. The normalized spacial score (nSPS) is 17.9. The molecular formula is C16H23NS2. The third kappa shape index (κ3) is 3.26. The molecule has 0 aliphatic heterocycles. The number of fused-ring (bicyclic) bond motifs is 1. The van der Waals surface area contributed by atoms with Gasteiger partial charge in [-0.05, 0) is 49.5 Å². The van der Waals surface area contributed by atoms with Crippen molar-refractivity contribution < 1.29 is 0 Å². The number of hydrogen-bond donors (Lipinski definition) is 1. The predicted molar refractivity (Wildman–Crippen MR) is 90.2 cm³/mol. The van der Waals surface area contributed by atoms with E-state index in [9.17, 15) is 0 Å². The first-order valence-corrected chi connectivity index (χ1v) is 8.45. The molecule has 1 N–H and O–H groups in total. The van der Waals surface area contributed by atoms with Crippen molar-refractivity contribution in [1.82, 2.24) is 5.32 Å². The SMILES string of the molecule is C=C(NCCCC)c1c(C)sc2c1CC(C=S)CC2. The van der Waals surface area contributed by atoms with E-state index in [0.717, 1.165) is 18.7 Å². The molecule has 2 rings (SSSR count). The molecule has 1 aromatic heterocycles. The lowest BCUT2D eigenvalue weighted by molar-refractivity contribution is 0.604. The van der Waals surface area contributed by atoms with Crippen molar-refractivity contribution in [2.24, 2.45) is 5.92 Å². The molecule has 19 heavy (non-hydrogen) atoms. The minimum Gasteiger partial charge on any atom is -0.385 e. The molecule has 0 amide bonds. The highest BCUT2D eigenvalue weighted by molar-refractivity contribution is 7.79. The maximum atomic E-state index is 5.14. The Bertz CT molecular complexity index is 473. The predicted octanol–water partition coefficient (Wildman–Crippen LogP) is 4.52. The first-order chi connectivity index (χ1) is 9.17. The third-order valence-corrected chi connectivity index (χ3v) is 5.43. The molecule has 1 nitrogen and oxygen atoms in total. The molecule has 1 aliphatic carbocycles. The zero-order valence-corrected chi connectivity index (χ0v) is 13.6. The molecule has 1 atom stereocenters. The van der Waals surface area contributed by atoms with Crippen molar-refractivity contribution in [3.05, 3.63) is 27.5 Å². The van der Waals surface area contributed by atoms with Gasteiger partial charge in [-0.3, -0.25) is 0 Å². The van der Waals surface area contributed by atoms with E-state index in [2.05, 4.69) is 25.7 Å². The van der Waals surface area contributed by atoms with Crippen molar-refractivity contribution >= 4 is 34.6 Å². The summed E-state index contributed by atoms with van der Waals surface area (Å²) in [5, 5.41) is 5.44. The van der Waals surface area contributed by atoms with Crippen molar-refractivity contribution in [3.63, 3.8) is 0 Å². The maximum Gasteiger partial charge on any atom is 0.0354 e. The van der Waals surface area contributed by atoms with Crippen LogP contribution in [0.3, 0.4) is 0 Å². The molecule has 0 saturated carbocycles. The Morgan fingerprint density at radius 2 is 2.37 bits per heavy atom. The highest BCUT2D eigenvalue weighted by Gasteiger charge is 2.24. The van der Waals surface area contributed by atoms with Gasteiger partial charge in [-0.2, -0.15) is 0 Å². The van der Waals surface area contributed by atoms with Gasteiger partial charge in [-0.1, -0.05) is 32.1 Å². The summed E-state index contributed by atoms with van der Waals surface area (Å²) >= 11 is 7.09. The molecule has 3 heteroatoms.